The second-order valence-electron chi connectivity index (χ2n) is 7.96. The molecule has 4 bridgehead atoms. The number of amides is 2. The molecule has 2 amide bonds. The quantitative estimate of drug-likeness (QED) is 0.730. The van der Waals surface area contributed by atoms with Crippen LogP contribution in [0.15, 0.2) is 24.3 Å². The van der Waals surface area contributed by atoms with Gasteiger partial charge in [0.05, 0.1) is 5.41 Å². The molecule has 1 aromatic carbocycles. The molecule has 4 fully saturated rings. The molecule has 4 aliphatic rings. The molecule has 4 aliphatic carbocycles. The number of hydrogen-bond donors (Lipinski definition) is 3. The third-order valence-electron chi connectivity index (χ3n) is 6.06. The van der Waals surface area contributed by atoms with Gasteiger partial charge in [0.2, 0.25) is 5.91 Å². The van der Waals surface area contributed by atoms with E-state index in [2.05, 4.69) is 10.9 Å². The molecule has 0 unspecified atom stereocenters. The highest BCUT2D eigenvalue weighted by Gasteiger charge is 2.54. The Balaban J connectivity index is 1.29. The molecule has 0 atom stereocenters. The van der Waals surface area contributed by atoms with Crippen LogP contribution in [0.5, 0.6) is 11.5 Å². The van der Waals surface area contributed by atoms with E-state index in [1.807, 2.05) is 0 Å². The van der Waals surface area contributed by atoms with Crippen molar-refractivity contribution >= 4 is 11.8 Å². The van der Waals surface area contributed by atoms with Crippen LogP contribution in [0.2, 0.25) is 0 Å². The Morgan fingerprint density at radius 2 is 1.64 bits per heavy atom. The molecule has 0 aliphatic heterocycles. The summed E-state index contributed by atoms with van der Waals surface area (Å²) in [7, 11) is 0. The summed E-state index contributed by atoms with van der Waals surface area (Å²) in [5.74, 6) is 1.76. The van der Waals surface area contributed by atoms with Crippen LogP contribution in [0.3, 0.4) is 0 Å². The highest BCUT2D eigenvalue weighted by atomic mass is 16.5. The van der Waals surface area contributed by atoms with Crippen LogP contribution in [-0.4, -0.2) is 23.5 Å². The number of carbonyl (C=O) groups is 2. The first-order chi connectivity index (χ1) is 12.0. The van der Waals surface area contributed by atoms with E-state index in [4.69, 9.17) is 4.74 Å². The van der Waals surface area contributed by atoms with Crippen LogP contribution in [0, 0.1) is 23.2 Å². The highest BCUT2D eigenvalue weighted by Crippen LogP contribution is 2.60. The first-order valence-electron chi connectivity index (χ1n) is 9.04. The Morgan fingerprint density at radius 1 is 1.04 bits per heavy atom. The summed E-state index contributed by atoms with van der Waals surface area (Å²) in [6.07, 6.45) is 6.67. The van der Waals surface area contributed by atoms with E-state index in [1.165, 1.54) is 25.3 Å². The molecular formula is C19H24N2O4. The number of hydrazine groups is 1. The summed E-state index contributed by atoms with van der Waals surface area (Å²) < 4.78 is 5.27. The number of benzene rings is 1. The van der Waals surface area contributed by atoms with E-state index >= 15 is 0 Å². The van der Waals surface area contributed by atoms with Gasteiger partial charge in [-0.2, -0.15) is 0 Å². The predicted molar refractivity (Wildman–Crippen MR) is 90.5 cm³/mol. The highest BCUT2D eigenvalue weighted by molar-refractivity contribution is 5.86. The minimum atomic E-state index is -0.443. The second kappa shape index (κ2) is 6.24. The zero-order valence-corrected chi connectivity index (χ0v) is 14.2. The fourth-order valence-electron chi connectivity index (χ4n) is 5.41. The lowest BCUT2D eigenvalue weighted by Crippen LogP contribution is -2.57. The van der Waals surface area contributed by atoms with E-state index in [9.17, 15) is 14.7 Å². The standard InChI is InChI=1S/C19H24N2O4/c22-15-3-1-2-4-16(15)25-11-17(23)20-21-18(24)19-8-12-5-13(9-19)7-14(6-12)10-19/h1-4,12-14,22H,5-11H2,(H,20,23)(H,21,24). The Kier molecular flexibility index (Phi) is 4.06. The van der Waals surface area contributed by atoms with Crippen molar-refractivity contribution in [1.82, 2.24) is 10.9 Å². The van der Waals surface area contributed by atoms with Crippen molar-refractivity contribution in [1.29, 1.82) is 0 Å². The van der Waals surface area contributed by atoms with Crippen molar-refractivity contribution in [2.24, 2.45) is 23.2 Å². The molecule has 3 N–H and O–H groups in total. The number of nitrogens with one attached hydrogen (secondary N) is 2. The number of ether oxygens (including phenoxy) is 1. The van der Waals surface area contributed by atoms with Gasteiger partial charge in [-0.3, -0.25) is 20.4 Å². The fourth-order valence-corrected chi connectivity index (χ4v) is 5.41. The van der Waals surface area contributed by atoms with Gasteiger partial charge in [0, 0.05) is 0 Å². The SMILES string of the molecule is O=C(COc1ccccc1O)NNC(=O)C12CC3CC(CC(C3)C1)C2. The molecule has 6 nitrogen and oxygen atoms in total. The fraction of sp³-hybridized carbons (Fsp3) is 0.579. The van der Waals surface area contributed by atoms with Gasteiger partial charge in [-0.05, 0) is 68.4 Å². The molecule has 0 spiro atoms. The van der Waals surface area contributed by atoms with Gasteiger partial charge in [-0.15, -0.1) is 0 Å². The van der Waals surface area contributed by atoms with E-state index in [0.717, 1.165) is 19.3 Å². The molecule has 0 saturated heterocycles. The van der Waals surface area contributed by atoms with Crippen molar-refractivity contribution in [2.75, 3.05) is 6.61 Å². The molecule has 0 aromatic heterocycles. The lowest BCUT2D eigenvalue weighted by Gasteiger charge is -2.55. The van der Waals surface area contributed by atoms with Crippen LogP contribution in [0.4, 0.5) is 0 Å². The average molecular weight is 344 g/mol. The van der Waals surface area contributed by atoms with Gasteiger partial charge >= 0.3 is 0 Å². The average Bonchev–Trinajstić information content (AvgIpc) is 2.57. The lowest BCUT2D eigenvalue weighted by molar-refractivity contribution is -0.149. The van der Waals surface area contributed by atoms with Crippen molar-refractivity contribution in [2.45, 2.75) is 38.5 Å². The van der Waals surface area contributed by atoms with Crippen molar-refractivity contribution < 1.29 is 19.4 Å². The third-order valence-corrected chi connectivity index (χ3v) is 6.06. The van der Waals surface area contributed by atoms with E-state index < -0.39 is 5.91 Å². The summed E-state index contributed by atoms with van der Waals surface area (Å²) in [4.78, 5) is 24.6. The van der Waals surface area contributed by atoms with Crippen LogP contribution < -0.4 is 15.6 Å². The third kappa shape index (κ3) is 3.17. The summed E-state index contributed by atoms with van der Waals surface area (Å²) in [6.45, 7) is -0.265. The van der Waals surface area contributed by atoms with E-state index in [0.29, 0.717) is 17.8 Å². The Hall–Kier alpha value is -2.24. The monoisotopic (exact) mass is 344 g/mol. The molecule has 1 aromatic rings. The first kappa shape index (κ1) is 16.2. The number of phenolic OH excluding ortho intramolecular Hbond substituents is 1. The molecule has 0 heterocycles. The minimum Gasteiger partial charge on any atom is -0.504 e. The zero-order chi connectivity index (χ0) is 17.4. The number of phenols is 1. The van der Waals surface area contributed by atoms with E-state index in [-0.39, 0.29) is 29.4 Å². The second-order valence-corrected chi connectivity index (χ2v) is 7.96. The van der Waals surface area contributed by atoms with Crippen molar-refractivity contribution in [3.8, 4) is 11.5 Å². The van der Waals surface area contributed by atoms with Crippen molar-refractivity contribution in [3.05, 3.63) is 24.3 Å². The largest absolute Gasteiger partial charge is 0.504 e. The summed E-state index contributed by atoms with van der Waals surface area (Å²) >= 11 is 0. The maximum absolute atomic E-state index is 12.7. The van der Waals surface area contributed by atoms with Gasteiger partial charge in [0.1, 0.15) is 0 Å². The molecule has 134 valence electrons. The number of para-hydroxylation sites is 2. The molecule has 5 rings (SSSR count). The Labute approximate surface area is 146 Å². The van der Waals surface area contributed by atoms with Gasteiger partial charge in [-0.1, -0.05) is 12.1 Å². The first-order valence-corrected chi connectivity index (χ1v) is 9.04. The van der Waals surface area contributed by atoms with Crippen LogP contribution in [0.1, 0.15) is 38.5 Å². The Bertz CT molecular complexity index is 652. The van der Waals surface area contributed by atoms with E-state index in [1.54, 1.807) is 18.2 Å². The number of rotatable bonds is 4. The smallest absolute Gasteiger partial charge is 0.276 e. The summed E-state index contributed by atoms with van der Waals surface area (Å²) in [6, 6.07) is 6.45. The summed E-state index contributed by atoms with van der Waals surface area (Å²) in [5, 5.41) is 9.61. The Morgan fingerprint density at radius 3 is 2.24 bits per heavy atom. The zero-order valence-electron chi connectivity index (χ0n) is 14.2. The lowest BCUT2D eigenvalue weighted by atomic mass is 9.49. The van der Waals surface area contributed by atoms with Gasteiger partial charge in [-0.25, -0.2) is 0 Å². The van der Waals surface area contributed by atoms with Crippen molar-refractivity contribution in [3.63, 3.8) is 0 Å². The maximum atomic E-state index is 12.7. The van der Waals surface area contributed by atoms with Gasteiger partial charge < -0.3 is 9.84 Å². The van der Waals surface area contributed by atoms with Crippen LogP contribution >= 0.6 is 0 Å². The van der Waals surface area contributed by atoms with Gasteiger partial charge in [0.15, 0.2) is 18.1 Å². The molecule has 25 heavy (non-hydrogen) atoms. The molecule has 4 saturated carbocycles. The van der Waals surface area contributed by atoms with Crippen LogP contribution in [0.25, 0.3) is 0 Å². The number of hydrogen-bond acceptors (Lipinski definition) is 4. The van der Waals surface area contributed by atoms with Gasteiger partial charge in [0.25, 0.3) is 5.91 Å². The topological polar surface area (TPSA) is 87.7 Å². The normalized spacial score (nSPS) is 32.2. The molecule has 6 heteroatoms. The minimum absolute atomic E-state index is 0.0205. The summed E-state index contributed by atoms with van der Waals surface area (Å²) in [5.41, 5.74) is 4.77. The predicted octanol–water partition coefficient (Wildman–Crippen LogP) is 2.13. The molecule has 0 radical (unpaired) electrons. The number of aromatic hydroxyl groups is 1. The number of carbonyl (C=O) groups excluding carboxylic acids is 2. The molecular weight excluding hydrogens is 320 g/mol. The van der Waals surface area contributed by atoms with Crippen LogP contribution in [-0.2, 0) is 9.59 Å². The maximum Gasteiger partial charge on any atom is 0.276 e.